The van der Waals surface area contributed by atoms with Crippen LogP contribution in [0.3, 0.4) is 0 Å². The summed E-state index contributed by atoms with van der Waals surface area (Å²) in [6.45, 7) is 0. The van der Waals surface area contributed by atoms with E-state index in [1.165, 1.54) is 87.2 Å². The highest BCUT2D eigenvalue weighted by molar-refractivity contribution is 6.25. The second-order valence-corrected chi connectivity index (χ2v) is 14.9. The molecule has 1 nitrogen and oxygen atoms in total. The van der Waals surface area contributed by atoms with Gasteiger partial charge in [-0.15, -0.1) is 0 Å². The number of nitrogens with zero attached hydrogens (tertiary/aromatic N) is 1. The molecule has 0 spiro atoms. The first-order valence-electron chi connectivity index (χ1n) is 19.7. The van der Waals surface area contributed by atoms with E-state index >= 15 is 0 Å². The Labute approximate surface area is 332 Å². The van der Waals surface area contributed by atoms with Gasteiger partial charge in [0.05, 0.1) is 5.69 Å². The van der Waals surface area contributed by atoms with Gasteiger partial charge in [-0.05, 0) is 124 Å². The van der Waals surface area contributed by atoms with Gasteiger partial charge >= 0.3 is 0 Å². The van der Waals surface area contributed by atoms with Gasteiger partial charge in [0.25, 0.3) is 0 Å². The van der Waals surface area contributed by atoms with Crippen LogP contribution in [-0.2, 0) is 0 Å². The zero-order valence-electron chi connectivity index (χ0n) is 31.3. The van der Waals surface area contributed by atoms with Crippen molar-refractivity contribution in [1.29, 1.82) is 0 Å². The van der Waals surface area contributed by atoms with Crippen LogP contribution in [0.2, 0.25) is 0 Å². The third-order valence-electron chi connectivity index (χ3n) is 11.6. The van der Waals surface area contributed by atoms with Crippen molar-refractivity contribution >= 4 is 70.9 Å². The van der Waals surface area contributed by atoms with Crippen molar-refractivity contribution in [1.82, 2.24) is 0 Å². The van der Waals surface area contributed by atoms with Crippen molar-refractivity contribution in [2.24, 2.45) is 0 Å². The molecule has 0 unspecified atom stereocenters. The van der Waals surface area contributed by atoms with Gasteiger partial charge in [-0.2, -0.15) is 0 Å². The van der Waals surface area contributed by atoms with E-state index in [1.807, 2.05) is 0 Å². The van der Waals surface area contributed by atoms with E-state index in [9.17, 15) is 0 Å². The molecule has 0 amide bonds. The number of rotatable bonds is 6. The van der Waals surface area contributed by atoms with E-state index in [0.29, 0.717) is 0 Å². The summed E-state index contributed by atoms with van der Waals surface area (Å²) in [7, 11) is 0. The maximum absolute atomic E-state index is 2.39. The Morgan fingerprint density at radius 3 is 1.28 bits per heavy atom. The largest absolute Gasteiger partial charge is 0.310 e. The van der Waals surface area contributed by atoms with Crippen molar-refractivity contribution in [2.75, 3.05) is 4.90 Å². The molecule has 11 aromatic carbocycles. The van der Waals surface area contributed by atoms with E-state index in [-0.39, 0.29) is 0 Å². The predicted molar refractivity (Wildman–Crippen MR) is 245 cm³/mol. The number of hydrogen-bond donors (Lipinski definition) is 0. The van der Waals surface area contributed by atoms with Crippen LogP contribution in [0.4, 0.5) is 17.1 Å². The van der Waals surface area contributed by atoms with Crippen LogP contribution < -0.4 is 4.90 Å². The van der Waals surface area contributed by atoms with E-state index in [0.717, 1.165) is 17.1 Å². The first kappa shape index (κ1) is 32.9. The lowest BCUT2D eigenvalue weighted by atomic mass is 9.92. The summed E-state index contributed by atoms with van der Waals surface area (Å²) in [5.41, 5.74) is 10.6. The van der Waals surface area contributed by atoms with E-state index in [4.69, 9.17) is 0 Å². The maximum Gasteiger partial charge on any atom is 0.0540 e. The minimum atomic E-state index is 1.11. The van der Waals surface area contributed by atoms with Crippen LogP contribution >= 0.6 is 0 Å². The van der Waals surface area contributed by atoms with E-state index in [1.54, 1.807) is 0 Å². The molecule has 57 heavy (non-hydrogen) atoms. The molecule has 0 aliphatic heterocycles. The van der Waals surface area contributed by atoms with Gasteiger partial charge < -0.3 is 4.90 Å². The molecule has 0 aromatic heterocycles. The lowest BCUT2D eigenvalue weighted by molar-refractivity contribution is 1.30. The van der Waals surface area contributed by atoms with E-state index in [2.05, 4.69) is 229 Å². The molecule has 11 rings (SSSR count). The number of anilines is 3. The molecule has 0 fully saturated rings. The summed E-state index contributed by atoms with van der Waals surface area (Å²) in [5.74, 6) is 0. The fourth-order valence-corrected chi connectivity index (χ4v) is 8.87. The summed E-state index contributed by atoms with van der Waals surface area (Å²) in [4.78, 5) is 2.39. The molecular weight excluding hydrogens is 687 g/mol. The molecule has 0 saturated heterocycles. The van der Waals surface area contributed by atoms with Crippen LogP contribution in [0, 0.1) is 0 Å². The topological polar surface area (TPSA) is 3.24 Å². The second kappa shape index (κ2) is 13.7. The van der Waals surface area contributed by atoms with Crippen LogP contribution in [0.5, 0.6) is 0 Å². The van der Waals surface area contributed by atoms with Crippen LogP contribution in [0.25, 0.3) is 87.2 Å². The van der Waals surface area contributed by atoms with Gasteiger partial charge in [0.1, 0.15) is 0 Å². The SMILES string of the molecule is c1cc(-c2ccc(N(c3ccc(-c4ccc5c6ccccc6c6ccccc6c5c4)cc3)c3cccc4ccccc34)cc2)cc(-c2cccc3ccccc23)c1. The highest BCUT2D eigenvalue weighted by atomic mass is 15.1. The normalized spacial score (nSPS) is 11.5. The Morgan fingerprint density at radius 1 is 0.228 bits per heavy atom. The average Bonchev–Trinajstić information content (AvgIpc) is 3.29. The zero-order chi connectivity index (χ0) is 37.7. The fourth-order valence-electron chi connectivity index (χ4n) is 8.87. The van der Waals surface area contributed by atoms with Gasteiger partial charge in [-0.25, -0.2) is 0 Å². The van der Waals surface area contributed by atoms with Crippen LogP contribution in [-0.4, -0.2) is 0 Å². The molecule has 0 radical (unpaired) electrons. The highest BCUT2D eigenvalue weighted by Gasteiger charge is 2.17. The number of hydrogen-bond acceptors (Lipinski definition) is 1. The van der Waals surface area contributed by atoms with Crippen LogP contribution in [0.15, 0.2) is 224 Å². The molecule has 0 atom stereocenters. The molecule has 0 saturated carbocycles. The number of fused-ring (bicyclic) bond motifs is 8. The zero-order valence-corrected chi connectivity index (χ0v) is 31.3. The molecule has 11 aromatic rings. The first-order valence-corrected chi connectivity index (χ1v) is 19.7. The Morgan fingerprint density at radius 2 is 0.649 bits per heavy atom. The lowest BCUT2D eigenvalue weighted by Crippen LogP contribution is -2.10. The monoisotopic (exact) mass is 723 g/mol. The Hall–Kier alpha value is -7.48. The summed E-state index contributed by atoms with van der Waals surface area (Å²) < 4.78 is 0. The third kappa shape index (κ3) is 5.72. The minimum absolute atomic E-state index is 1.11. The molecule has 0 aliphatic rings. The lowest BCUT2D eigenvalue weighted by Gasteiger charge is -2.27. The van der Waals surface area contributed by atoms with Crippen molar-refractivity contribution < 1.29 is 0 Å². The smallest absolute Gasteiger partial charge is 0.0540 e. The molecule has 1 heteroatoms. The number of benzene rings is 11. The first-order chi connectivity index (χ1) is 28.3. The van der Waals surface area contributed by atoms with Crippen molar-refractivity contribution in [3.8, 4) is 33.4 Å². The summed E-state index contributed by atoms with van der Waals surface area (Å²) in [6.07, 6.45) is 0. The quantitative estimate of drug-likeness (QED) is 0.154. The Kier molecular flexibility index (Phi) is 7.89. The van der Waals surface area contributed by atoms with Gasteiger partial charge in [0, 0.05) is 16.8 Å². The van der Waals surface area contributed by atoms with Crippen LogP contribution in [0.1, 0.15) is 0 Å². The highest BCUT2D eigenvalue weighted by Crippen LogP contribution is 2.42. The summed E-state index contributed by atoms with van der Waals surface area (Å²) in [5, 5.41) is 12.7. The Balaban J connectivity index is 0.988. The van der Waals surface area contributed by atoms with E-state index < -0.39 is 0 Å². The van der Waals surface area contributed by atoms with Crippen molar-refractivity contribution in [3.05, 3.63) is 224 Å². The van der Waals surface area contributed by atoms with Gasteiger partial charge in [-0.1, -0.05) is 182 Å². The standard InChI is InChI=1S/C56H37N/c1-3-18-47-40(12-1)14-10-24-48(47)44-17-9-16-42(36-44)38-26-31-45(32-27-38)57(56-25-11-15-41-13-2-4-19-49(41)56)46-33-28-39(29-34-46)43-30-35-54-52-22-6-5-20-50(52)51-21-7-8-23-53(51)55(54)37-43/h1-37H. The minimum Gasteiger partial charge on any atom is -0.310 e. The molecule has 0 bridgehead atoms. The predicted octanol–water partition coefficient (Wildman–Crippen LogP) is 15.9. The third-order valence-corrected chi connectivity index (χ3v) is 11.6. The maximum atomic E-state index is 2.39. The molecule has 266 valence electrons. The second-order valence-electron chi connectivity index (χ2n) is 14.9. The molecule has 0 aliphatic carbocycles. The van der Waals surface area contributed by atoms with Gasteiger partial charge in [0.2, 0.25) is 0 Å². The van der Waals surface area contributed by atoms with Gasteiger partial charge in [0.15, 0.2) is 0 Å². The average molecular weight is 724 g/mol. The van der Waals surface area contributed by atoms with Crippen molar-refractivity contribution in [2.45, 2.75) is 0 Å². The van der Waals surface area contributed by atoms with Gasteiger partial charge in [-0.3, -0.25) is 0 Å². The fraction of sp³-hybridized carbons (Fsp3) is 0. The molecular formula is C56H37N. The Bertz CT molecular complexity index is 3240. The summed E-state index contributed by atoms with van der Waals surface area (Å²) >= 11 is 0. The molecule has 0 N–H and O–H groups in total. The molecule has 0 heterocycles. The summed E-state index contributed by atoms with van der Waals surface area (Å²) in [6, 6.07) is 81.9. The van der Waals surface area contributed by atoms with Crippen molar-refractivity contribution in [3.63, 3.8) is 0 Å².